The maximum atomic E-state index is 13.6. The number of thioether (sulfide) groups is 1. The molecule has 1 heterocycles. The highest BCUT2D eigenvalue weighted by Crippen LogP contribution is 2.20. The summed E-state index contributed by atoms with van der Waals surface area (Å²) in [5, 5.41) is 13.6. The molecule has 0 bridgehead atoms. The molecule has 1 aromatic heterocycles. The van der Waals surface area contributed by atoms with E-state index in [2.05, 4.69) is 20.8 Å². The summed E-state index contributed by atoms with van der Waals surface area (Å²) in [6.07, 6.45) is 0. The smallest absolute Gasteiger partial charge is 0.235 e. The number of carbonyl (C=O) groups is 1. The van der Waals surface area contributed by atoms with Gasteiger partial charge in [0.2, 0.25) is 11.1 Å². The van der Waals surface area contributed by atoms with E-state index in [0.717, 1.165) is 35.3 Å². The second-order valence-electron chi connectivity index (χ2n) is 5.78. The van der Waals surface area contributed by atoms with Crippen molar-refractivity contribution in [1.82, 2.24) is 14.9 Å². The fraction of sp³-hybridized carbons (Fsp3) is 0.167. The van der Waals surface area contributed by atoms with E-state index in [4.69, 9.17) is 10.6 Å². The van der Waals surface area contributed by atoms with E-state index in [0.29, 0.717) is 17.5 Å². The zero-order valence-corrected chi connectivity index (χ0v) is 16.2. The van der Waals surface area contributed by atoms with Crippen LogP contribution < -0.4 is 21.2 Å². The highest BCUT2D eigenvalue weighted by atomic mass is 32.2. The van der Waals surface area contributed by atoms with Crippen LogP contribution >= 0.6 is 11.8 Å². The third-order valence-corrected chi connectivity index (χ3v) is 4.78. The van der Waals surface area contributed by atoms with Crippen LogP contribution in [0.4, 0.5) is 20.2 Å². The van der Waals surface area contributed by atoms with Crippen LogP contribution in [0.5, 0.6) is 5.75 Å². The summed E-state index contributed by atoms with van der Waals surface area (Å²) >= 11 is 0.997. The predicted octanol–water partition coefficient (Wildman–Crippen LogP) is 2.62. The number of nitrogen functional groups attached to an aromatic ring is 1. The number of amides is 1. The fourth-order valence-corrected chi connectivity index (χ4v) is 3.01. The van der Waals surface area contributed by atoms with Gasteiger partial charge in [0.05, 0.1) is 19.4 Å². The summed E-state index contributed by atoms with van der Waals surface area (Å²) in [5.74, 6) is 4.71. The largest absolute Gasteiger partial charge is 0.497 e. The molecule has 0 atom stereocenters. The number of rotatable bonds is 8. The number of hydrogen-bond donors (Lipinski definition) is 3. The van der Waals surface area contributed by atoms with Crippen molar-refractivity contribution in [3.8, 4) is 5.75 Å². The van der Waals surface area contributed by atoms with Crippen LogP contribution in [0, 0.1) is 11.6 Å². The highest BCUT2D eigenvalue weighted by Gasteiger charge is 2.15. The quantitative estimate of drug-likeness (QED) is 0.380. The van der Waals surface area contributed by atoms with Crippen molar-refractivity contribution in [3.05, 3.63) is 59.9 Å². The molecule has 0 saturated heterocycles. The summed E-state index contributed by atoms with van der Waals surface area (Å²) in [5.41, 5.74) is 0.353. The normalized spacial score (nSPS) is 10.6. The third kappa shape index (κ3) is 5.13. The van der Waals surface area contributed by atoms with Gasteiger partial charge in [-0.05, 0) is 36.4 Å². The molecule has 2 aromatic carbocycles. The lowest BCUT2D eigenvalue weighted by molar-refractivity contribution is -0.113. The molecule has 4 N–H and O–H groups in total. The molecule has 152 valence electrons. The van der Waals surface area contributed by atoms with Gasteiger partial charge in [-0.25, -0.2) is 13.5 Å². The standard InChI is InChI=1S/C18H18F2N6O2S/c1-28-12-7-5-11(6-8-12)22-9-15-24-25-18(26(15)21)29-10-16(27)23-17-13(19)3-2-4-14(17)20/h2-8,22H,9-10,21H2,1H3,(H,23,27). The van der Waals surface area contributed by atoms with Gasteiger partial charge in [0.1, 0.15) is 23.1 Å². The second kappa shape index (κ2) is 9.24. The SMILES string of the molecule is COc1ccc(NCc2nnc(SCC(=O)Nc3c(F)cccc3F)n2N)cc1. The van der Waals surface area contributed by atoms with Gasteiger partial charge in [-0.2, -0.15) is 0 Å². The van der Waals surface area contributed by atoms with Gasteiger partial charge < -0.3 is 21.2 Å². The van der Waals surface area contributed by atoms with Gasteiger partial charge in [0, 0.05) is 5.69 Å². The average Bonchev–Trinajstić information content (AvgIpc) is 3.07. The van der Waals surface area contributed by atoms with Crippen LogP contribution in [-0.2, 0) is 11.3 Å². The number of nitrogens with zero attached hydrogens (tertiary/aromatic N) is 3. The Bertz CT molecular complexity index is 976. The Morgan fingerprint density at radius 2 is 1.86 bits per heavy atom. The number of hydrogen-bond acceptors (Lipinski definition) is 7. The molecular weight excluding hydrogens is 402 g/mol. The molecule has 29 heavy (non-hydrogen) atoms. The van der Waals surface area contributed by atoms with Gasteiger partial charge in [-0.3, -0.25) is 4.79 Å². The number of benzene rings is 2. The molecule has 0 unspecified atom stereocenters. The number of methoxy groups -OCH3 is 1. The van der Waals surface area contributed by atoms with E-state index >= 15 is 0 Å². The van der Waals surface area contributed by atoms with E-state index in [9.17, 15) is 13.6 Å². The molecule has 3 rings (SSSR count). The molecule has 0 aliphatic heterocycles. The number of carbonyl (C=O) groups excluding carboxylic acids is 1. The minimum atomic E-state index is -0.850. The van der Waals surface area contributed by atoms with E-state index < -0.39 is 23.2 Å². The van der Waals surface area contributed by atoms with Crippen LogP contribution in [0.15, 0.2) is 47.6 Å². The van der Waals surface area contributed by atoms with Gasteiger partial charge >= 0.3 is 0 Å². The number of anilines is 2. The van der Waals surface area contributed by atoms with Crippen molar-refractivity contribution >= 4 is 29.0 Å². The molecule has 0 radical (unpaired) electrons. The number of halogens is 2. The lowest BCUT2D eigenvalue weighted by Gasteiger charge is -2.08. The maximum absolute atomic E-state index is 13.6. The predicted molar refractivity (Wildman–Crippen MR) is 106 cm³/mol. The zero-order chi connectivity index (χ0) is 20.8. The van der Waals surface area contributed by atoms with Crippen LogP contribution in [0.2, 0.25) is 0 Å². The minimum absolute atomic E-state index is 0.144. The van der Waals surface area contributed by atoms with Crippen LogP contribution in [0.3, 0.4) is 0 Å². The van der Waals surface area contributed by atoms with Gasteiger partial charge in [-0.15, -0.1) is 10.2 Å². The average molecular weight is 420 g/mol. The van der Waals surface area contributed by atoms with Crippen LogP contribution in [-0.4, -0.2) is 33.6 Å². The number of para-hydroxylation sites is 1. The fourth-order valence-electron chi connectivity index (χ4n) is 2.34. The monoisotopic (exact) mass is 420 g/mol. The number of ether oxygens (including phenoxy) is 1. The Kier molecular flexibility index (Phi) is 6.50. The third-order valence-electron chi connectivity index (χ3n) is 3.84. The summed E-state index contributed by atoms with van der Waals surface area (Å²) in [6.45, 7) is 0.309. The molecule has 1 amide bonds. The first-order chi connectivity index (χ1) is 14.0. The van der Waals surface area contributed by atoms with Crippen molar-refractivity contribution in [2.75, 3.05) is 29.3 Å². The number of nitrogens with two attached hydrogens (primary N) is 1. The topological polar surface area (TPSA) is 107 Å². The van der Waals surface area contributed by atoms with Crippen molar-refractivity contribution in [1.29, 1.82) is 0 Å². The molecular formula is C18H18F2N6O2S. The molecule has 3 aromatic rings. The Hall–Kier alpha value is -3.34. The van der Waals surface area contributed by atoms with E-state index in [1.165, 1.54) is 10.7 Å². The molecule has 8 nitrogen and oxygen atoms in total. The van der Waals surface area contributed by atoms with Crippen molar-refractivity contribution in [2.45, 2.75) is 11.7 Å². The summed E-state index contributed by atoms with van der Waals surface area (Å²) < 4.78 is 33.5. The van der Waals surface area contributed by atoms with E-state index in [1.807, 2.05) is 24.3 Å². The molecule has 0 aliphatic rings. The van der Waals surface area contributed by atoms with Crippen molar-refractivity contribution < 1.29 is 18.3 Å². The van der Waals surface area contributed by atoms with Crippen molar-refractivity contribution in [2.24, 2.45) is 0 Å². The zero-order valence-electron chi connectivity index (χ0n) is 15.4. The van der Waals surface area contributed by atoms with Gasteiger partial charge in [-0.1, -0.05) is 17.8 Å². The first kappa shape index (κ1) is 20.4. The highest BCUT2D eigenvalue weighted by molar-refractivity contribution is 7.99. The molecule has 0 fully saturated rings. The first-order valence-corrected chi connectivity index (χ1v) is 9.40. The lowest BCUT2D eigenvalue weighted by Crippen LogP contribution is -2.19. The Morgan fingerprint density at radius 3 is 2.52 bits per heavy atom. The first-order valence-electron chi connectivity index (χ1n) is 8.42. The lowest BCUT2D eigenvalue weighted by atomic mass is 10.3. The van der Waals surface area contributed by atoms with Crippen LogP contribution in [0.1, 0.15) is 5.82 Å². The molecule has 0 saturated carbocycles. The Morgan fingerprint density at radius 1 is 1.17 bits per heavy atom. The van der Waals surface area contributed by atoms with Gasteiger partial charge in [0.25, 0.3) is 0 Å². The maximum Gasteiger partial charge on any atom is 0.235 e. The van der Waals surface area contributed by atoms with Crippen LogP contribution in [0.25, 0.3) is 0 Å². The molecule has 0 spiro atoms. The second-order valence-corrected chi connectivity index (χ2v) is 6.73. The Balaban J connectivity index is 1.54. The van der Waals surface area contributed by atoms with Gasteiger partial charge in [0.15, 0.2) is 5.82 Å². The number of nitrogens with one attached hydrogen (secondary N) is 2. The van der Waals surface area contributed by atoms with Crippen molar-refractivity contribution in [3.63, 3.8) is 0 Å². The minimum Gasteiger partial charge on any atom is -0.497 e. The summed E-state index contributed by atoms with van der Waals surface area (Å²) in [7, 11) is 1.59. The Labute approximate surface area is 169 Å². The van der Waals surface area contributed by atoms with E-state index in [1.54, 1.807) is 7.11 Å². The molecule has 11 heteroatoms. The summed E-state index contributed by atoms with van der Waals surface area (Å²) in [6, 6.07) is 10.7. The molecule has 0 aliphatic carbocycles. The number of aromatic nitrogens is 3. The summed E-state index contributed by atoms with van der Waals surface area (Å²) in [4.78, 5) is 12.0. The van der Waals surface area contributed by atoms with E-state index in [-0.39, 0.29) is 5.75 Å².